The van der Waals surface area contributed by atoms with E-state index in [2.05, 4.69) is 0 Å². The summed E-state index contributed by atoms with van der Waals surface area (Å²) in [6.45, 7) is 1.50. The fraction of sp³-hybridized carbons (Fsp3) is 0.235. The van der Waals surface area contributed by atoms with Crippen LogP contribution in [0.5, 0.6) is 5.75 Å². The van der Waals surface area contributed by atoms with Crippen LogP contribution < -0.4 is 10.4 Å². The van der Waals surface area contributed by atoms with Crippen molar-refractivity contribution in [1.29, 1.82) is 10.7 Å². The van der Waals surface area contributed by atoms with Crippen molar-refractivity contribution >= 4 is 5.90 Å². The Bertz CT molecular complexity index is 957. The molecule has 0 saturated heterocycles. The molecule has 0 spiro atoms. The number of hydrogen-bond donors (Lipinski definition) is 1. The van der Waals surface area contributed by atoms with Crippen LogP contribution in [0, 0.1) is 29.6 Å². The molecular weight excluding hydrogens is 337 g/mol. The summed E-state index contributed by atoms with van der Waals surface area (Å²) >= 11 is 0. The molecule has 0 fully saturated rings. The van der Waals surface area contributed by atoms with E-state index in [-0.39, 0.29) is 22.6 Å². The minimum Gasteiger partial charge on any atom is -0.441 e. The second kappa shape index (κ2) is 5.77. The van der Waals surface area contributed by atoms with Crippen LogP contribution in [0.25, 0.3) is 0 Å². The van der Waals surface area contributed by atoms with E-state index < -0.39 is 35.1 Å². The number of aryl methyl sites for hydroxylation is 1. The third-order valence-corrected chi connectivity index (χ3v) is 3.93. The summed E-state index contributed by atoms with van der Waals surface area (Å²) < 4.78 is 49.3. The number of rotatable bonds is 1. The van der Waals surface area contributed by atoms with Gasteiger partial charge in [-0.2, -0.15) is 18.4 Å². The summed E-state index contributed by atoms with van der Waals surface area (Å²) in [5.41, 5.74) is -1.68. The number of benzene rings is 1. The molecule has 3 rings (SSSR count). The summed E-state index contributed by atoms with van der Waals surface area (Å²) in [7, 11) is 0. The molecule has 0 aliphatic carbocycles. The predicted octanol–water partition coefficient (Wildman–Crippen LogP) is 3.61. The standard InChI is InChI=1S/C17H11F3N2O3/c1-8-5-12-14(16(23)24-8)13(11(7-21)15(22)25-12)9-3-2-4-10(6-9)17(18,19)20/h2-6,11,13,22H,1H3. The zero-order valence-electron chi connectivity index (χ0n) is 12.8. The molecule has 0 amide bonds. The molecule has 2 unspecified atom stereocenters. The molecule has 1 aromatic carbocycles. The first-order valence-electron chi connectivity index (χ1n) is 7.20. The van der Waals surface area contributed by atoms with Gasteiger partial charge in [0.15, 0.2) is 0 Å². The summed E-state index contributed by atoms with van der Waals surface area (Å²) in [5.74, 6) is -2.49. The van der Waals surface area contributed by atoms with Gasteiger partial charge in [0.2, 0.25) is 5.90 Å². The molecule has 2 heterocycles. The average molecular weight is 348 g/mol. The van der Waals surface area contributed by atoms with Gasteiger partial charge in [0.05, 0.1) is 17.2 Å². The van der Waals surface area contributed by atoms with Crippen molar-refractivity contribution in [3.05, 3.63) is 63.2 Å². The SMILES string of the molecule is Cc1cc2c(c(=O)o1)C(c1cccc(C(F)(F)F)c1)C(C#N)C(=N)O2. The van der Waals surface area contributed by atoms with Gasteiger partial charge in [0, 0.05) is 12.0 Å². The van der Waals surface area contributed by atoms with Gasteiger partial charge in [0.1, 0.15) is 17.4 Å². The van der Waals surface area contributed by atoms with Crippen LogP contribution in [-0.4, -0.2) is 5.90 Å². The van der Waals surface area contributed by atoms with Crippen LogP contribution >= 0.6 is 0 Å². The number of alkyl halides is 3. The molecule has 25 heavy (non-hydrogen) atoms. The molecule has 1 aromatic heterocycles. The van der Waals surface area contributed by atoms with Crippen molar-refractivity contribution in [1.82, 2.24) is 0 Å². The third kappa shape index (κ3) is 2.89. The Morgan fingerprint density at radius 2 is 2.00 bits per heavy atom. The summed E-state index contributed by atoms with van der Waals surface area (Å²) in [6.07, 6.45) is -4.57. The van der Waals surface area contributed by atoms with Crippen LogP contribution in [0.1, 0.15) is 28.4 Å². The predicted molar refractivity (Wildman–Crippen MR) is 80.5 cm³/mol. The van der Waals surface area contributed by atoms with E-state index in [1.807, 2.05) is 6.07 Å². The van der Waals surface area contributed by atoms with Crippen LogP contribution in [-0.2, 0) is 6.18 Å². The number of nitriles is 1. The lowest BCUT2D eigenvalue weighted by Crippen LogP contribution is -2.34. The lowest BCUT2D eigenvalue weighted by molar-refractivity contribution is -0.137. The molecule has 2 atom stereocenters. The Hall–Kier alpha value is -3.08. The molecule has 0 bridgehead atoms. The lowest BCUT2D eigenvalue weighted by Gasteiger charge is -2.29. The third-order valence-electron chi connectivity index (χ3n) is 3.93. The average Bonchev–Trinajstić information content (AvgIpc) is 2.52. The molecule has 1 N–H and O–H groups in total. The maximum absolute atomic E-state index is 13.0. The highest BCUT2D eigenvalue weighted by Gasteiger charge is 2.41. The van der Waals surface area contributed by atoms with E-state index in [1.54, 1.807) is 0 Å². The van der Waals surface area contributed by atoms with Gasteiger partial charge in [0.25, 0.3) is 0 Å². The van der Waals surface area contributed by atoms with Gasteiger partial charge in [-0.1, -0.05) is 18.2 Å². The van der Waals surface area contributed by atoms with Crippen molar-refractivity contribution < 1.29 is 22.3 Å². The number of hydrogen-bond acceptors (Lipinski definition) is 5. The number of ether oxygens (including phenoxy) is 1. The highest BCUT2D eigenvalue weighted by molar-refractivity contribution is 5.85. The van der Waals surface area contributed by atoms with Crippen LogP contribution in [0.15, 0.2) is 39.5 Å². The van der Waals surface area contributed by atoms with Crippen molar-refractivity contribution in [3.8, 4) is 11.8 Å². The van der Waals surface area contributed by atoms with Crippen LogP contribution in [0.4, 0.5) is 13.2 Å². The molecule has 128 valence electrons. The number of nitrogens with zero attached hydrogens (tertiary/aromatic N) is 1. The zero-order chi connectivity index (χ0) is 18.4. The van der Waals surface area contributed by atoms with Crippen molar-refractivity contribution in [2.45, 2.75) is 19.0 Å². The Morgan fingerprint density at radius 3 is 2.64 bits per heavy atom. The first-order valence-corrected chi connectivity index (χ1v) is 7.20. The van der Waals surface area contributed by atoms with E-state index >= 15 is 0 Å². The molecule has 5 nitrogen and oxygen atoms in total. The van der Waals surface area contributed by atoms with Crippen molar-refractivity contribution in [2.24, 2.45) is 5.92 Å². The normalized spacial score (nSPS) is 19.7. The first kappa shape index (κ1) is 16.8. The maximum atomic E-state index is 13.0. The van der Waals surface area contributed by atoms with Gasteiger partial charge in [-0.25, -0.2) is 4.79 Å². The summed E-state index contributed by atoms with van der Waals surface area (Å²) in [6, 6.07) is 7.55. The summed E-state index contributed by atoms with van der Waals surface area (Å²) in [5, 5.41) is 17.2. The van der Waals surface area contributed by atoms with Crippen LogP contribution in [0.3, 0.4) is 0 Å². The van der Waals surface area contributed by atoms with Crippen molar-refractivity contribution in [3.63, 3.8) is 0 Å². The highest BCUT2D eigenvalue weighted by atomic mass is 19.4. The second-order valence-corrected chi connectivity index (χ2v) is 5.60. The first-order chi connectivity index (χ1) is 11.7. The van der Waals surface area contributed by atoms with E-state index in [1.165, 1.54) is 25.1 Å². The minimum absolute atomic E-state index is 0.0210. The Balaban J connectivity index is 2.26. The number of fused-ring (bicyclic) bond motifs is 1. The zero-order valence-corrected chi connectivity index (χ0v) is 12.8. The van der Waals surface area contributed by atoms with E-state index in [4.69, 9.17) is 14.6 Å². The van der Waals surface area contributed by atoms with Crippen molar-refractivity contribution in [2.75, 3.05) is 0 Å². The number of nitrogens with one attached hydrogen (secondary N) is 1. The molecular formula is C17H11F3N2O3. The molecule has 1 aliphatic rings. The maximum Gasteiger partial charge on any atom is 0.416 e. The van der Waals surface area contributed by atoms with E-state index in [9.17, 15) is 23.2 Å². The minimum atomic E-state index is -4.57. The Morgan fingerprint density at radius 1 is 1.28 bits per heavy atom. The van der Waals surface area contributed by atoms with Gasteiger partial charge in [-0.15, -0.1) is 0 Å². The van der Waals surface area contributed by atoms with Gasteiger partial charge in [-0.05, 0) is 18.6 Å². The molecule has 0 saturated carbocycles. The van der Waals surface area contributed by atoms with Gasteiger partial charge >= 0.3 is 11.8 Å². The van der Waals surface area contributed by atoms with Gasteiger partial charge in [-0.3, -0.25) is 5.41 Å². The fourth-order valence-corrected chi connectivity index (χ4v) is 2.86. The largest absolute Gasteiger partial charge is 0.441 e. The van der Waals surface area contributed by atoms with E-state index in [0.717, 1.165) is 12.1 Å². The van der Waals surface area contributed by atoms with Crippen LogP contribution in [0.2, 0.25) is 0 Å². The monoisotopic (exact) mass is 348 g/mol. The quantitative estimate of drug-likeness (QED) is 0.853. The molecule has 8 heteroatoms. The molecule has 0 radical (unpaired) electrons. The fourth-order valence-electron chi connectivity index (χ4n) is 2.86. The lowest BCUT2D eigenvalue weighted by atomic mass is 9.79. The smallest absolute Gasteiger partial charge is 0.416 e. The molecule has 1 aliphatic heterocycles. The number of halogens is 3. The highest BCUT2D eigenvalue weighted by Crippen LogP contribution is 2.41. The molecule has 2 aromatic rings. The second-order valence-electron chi connectivity index (χ2n) is 5.60. The Labute approximate surface area is 139 Å². The van der Waals surface area contributed by atoms with E-state index in [0.29, 0.717) is 0 Å². The topological polar surface area (TPSA) is 87.1 Å². The Kier molecular flexibility index (Phi) is 3.87. The summed E-state index contributed by atoms with van der Waals surface area (Å²) in [4.78, 5) is 12.3. The van der Waals surface area contributed by atoms with Gasteiger partial charge < -0.3 is 9.15 Å².